The van der Waals surface area contributed by atoms with Crippen molar-refractivity contribution in [2.45, 2.75) is 240 Å². The number of nitro benzene ring substituents is 1. The Morgan fingerprint density at radius 2 is 1.36 bits per heavy atom. The molecule has 70 heavy (non-hydrogen) atoms. The Morgan fingerprint density at radius 1 is 0.814 bits per heavy atom. The molecule has 1 fully saturated rings. The molecule has 1 aromatic rings. The van der Waals surface area contributed by atoms with Crippen LogP contribution in [-0.2, 0) is 37.1 Å². The predicted molar refractivity (Wildman–Crippen MR) is 292 cm³/mol. The van der Waals surface area contributed by atoms with Crippen molar-refractivity contribution in [1.29, 1.82) is 0 Å². The van der Waals surface area contributed by atoms with Crippen LogP contribution < -0.4 is 4.74 Å². The molecule has 1 aliphatic rings. The lowest BCUT2D eigenvalue weighted by molar-refractivity contribution is -0.384. The van der Waals surface area contributed by atoms with Gasteiger partial charge in [0.05, 0.1) is 28.8 Å². The number of esters is 2. The maximum Gasteiger partial charge on any atom is 0.321 e. The molecule has 2 rings (SSSR count). The van der Waals surface area contributed by atoms with Crippen molar-refractivity contribution in [2.24, 2.45) is 17.3 Å². The summed E-state index contributed by atoms with van der Waals surface area (Å²) in [6.45, 7) is 34.0. The summed E-state index contributed by atoms with van der Waals surface area (Å²) in [4.78, 5) is 49.9. The molecule has 0 radical (unpaired) electrons. The normalized spacial score (nSPS) is 19.7. The van der Waals surface area contributed by atoms with Crippen molar-refractivity contribution in [3.05, 3.63) is 70.3 Å². The van der Waals surface area contributed by atoms with E-state index in [1.807, 2.05) is 6.08 Å². The summed E-state index contributed by atoms with van der Waals surface area (Å²) >= 11 is 0. The molecule has 1 heterocycles. The maximum absolute atomic E-state index is 14.4. The number of carbonyl (C=O) groups is 3. The van der Waals surface area contributed by atoms with E-state index >= 15 is 0 Å². The van der Waals surface area contributed by atoms with Crippen molar-refractivity contribution in [1.82, 2.24) is 0 Å². The number of allylic oxidation sites excluding steroid dienone is 4. The Bertz CT molecular complexity index is 1840. The number of non-ortho nitro benzene ring substituents is 1. The van der Waals surface area contributed by atoms with Crippen LogP contribution in [0.3, 0.4) is 0 Å². The van der Waals surface area contributed by atoms with E-state index in [1.54, 1.807) is 13.0 Å². The molecule has 0 aliphatic carbocycles. The van der Waals surface area contributed by atoms with E-state index in [0.717, 1.165) is 79.1 Å². The van der Waals surface area contributed by atoms with Crippen LogP contribution in [0.2, 0.25) is 54.4 Å². The molecule has 1 aliphatic heterocycles. The molecular weight excluding hydrogens is 935 g/mol. The average molecular weight is 1030 g/mol. The molecule has 0 aromatic heterocycles. The summed E-state index contributed by atoms with van der Waals surface area (Å²) in [5, 5.41) is 11.3. The van der Waals surface area contributed by atoms with Crippen LogP contribution in [0.1, 0.15) is 149 Å². The number of hydrogen-bond acceptors (Lipinski definition) is 11. The van der Waals surface area contributed by atoms with E-state index in [1.165, 1.54) is 31.2 Å². The van der Waals surface area contributed by atoms with E-state index in [0.29, 0.717) is 18.8 Å². The minimum atomic E-state index is -2.13. The van der Waals surface area contributed by atoms with Crippen LogP contribution in [-0.4, -0.2) is 84.2 Å². The third-order valence-corrected chi connectivity index (χ3v) is 30.0. The van der Waals surface area contributed by atoms with Crippen LogP contribution in [0.4, 0.5) is 5.69 Å². The highest BCUT2D eigenvalue weighted by Gasteiger charge is 2.51. The summed E-state index contributed by atoms with van der Waals surface area (Å²) in [5.41, 5.74) is -0.935. The van der Waals surface area contributed by atoms with E-state index in [-0.39, 0.29) is 48.5 Å². The topological polar surface area (TPSA) is 153 Å². The number of benzene rings is 1. The second-order valence-corrected chi connectivity index (χ2v) is 34.8. The fourth-order valence-electron chi connectivity index (χ4n) is 10.2. The molecule has 0 bridgehead atoms. The van der Waals surface area contributed by atoms with Crippen LogP contribution in [0.5, 0.6) is 5.75 Å². The highest BCUT2D eigenvalue weighted by Crippen LogP contribution is 2.43. The molecule has 1 saturated heterocycles. The Hall–Kier alpha value is -3.06. The second kappa shape index (κ2) is 29.6. The van der Waals surface area contributed by atoms with Gasteiger partial charge in [-0.3, -0.25) is 19.7 Å². The molecule has 0 N–H and O–H groups in total. The first-order valence-corrected chi connectivity index (χ1v) is 34.5. The number of ether oxygens (including phenoxy) is 3. The summed E-state index contributed by atoms with van der Waals surface area (Å²) in [5.74, 6) is -0.831. The summed E-state index contributed by atoms with van der Waals surface area (Å²) in [6, 6.07) is 14.5. The zero-order valence-corrected chi connectivity index (χ0v) is 49.4. The molecule has 15 heteroatoms. The molecule has 1 aromatic carbocycles. The Morgan fingerprint density at radius 3 is 1.84 bits per heavy atom. The van der Waals surface area contributed by atoms with Crippen molar-refractivity contribution in [3.63, 3.8) is 0 Å². The van der Waals surface area contributed by atoms with Crippen molar-refractivity contribution >= 4 is 48.9 Å². The van der Waals surface area contributed by atoms with Gasteiger partial charge in [-0.1, -0.05) is 113 Å². The van der Waals surface area contributed by atoms with Gasteiger partial charge in [-0.2, -0.15) is 0 Å². The number of nitro groups is 1. The quantitative estimate of drug-likeness (QED) is 0.00726. The van der Waals surface area contributed by atoms with Gasteiger partial charge in [-0.25, -0.2) is 0 Å². The van der Waals surface area contributed by atoms with Crippen molar-refractivity contribution in [3.8, 4) is 5.75 Å². The van der Waals surface area contributed by atoms with Crippen molar-refractivity contribution < 1.29 is 46.8 Å². The number of epoxide rings is 1. The fourth-order valence-corrected chi connectivity index (χ4v) is 19.2. The van der Waals surface area contributed by atoms with Crippen LogP contribution in [0, 0.1) is 27.4 Å². The van der Waals surface area contributed by atoms with Crippen LogP contribution in [0.25, 0.3) is 0 Å². The van der Waals surface area contributed by atoms with Crippen LogP contribution in [0.15, 0.2) is 60.2 Å². The lowest BCUT2D eigenvalue weighted by atomic mass is 9.78. The first-order chi connectivity index (χ1) is 33.0. The first kappa shape index (κ1) is 63.1. The molecule has 12 nitrogen and oxygen atoms in total. The number of carbonyl (C=O) groups excluding carboxylic acids is 3. The van der Waals surface area contributed by atoms with Gasteiger partial charge in [0.15, 0.2) is 25.0 Å². The molecule has 0 saturated carbocycles. The number of rotatable bonds is 36. The van der Waals surface area contributed by atoms with Crippen molar-refractivity contribution in [2.75, 3.05) is 0 Å². The first-order valence-electron chi connectivity index (χ1n) is 26.9. The standard InChI is InChI=1S/C55H95NO11Si3/c1-17-49(66-69(21-5,22-6)23-7)44(13)52-50(64-52)41-54(15,67-70(24-8,25-9)26-10)37-27-28-42(11)40-43(12)29-34-51(62-45(14)58)55(16,53(59)63-47-32-30-46(31-33-47)56(60)61)38-35-48(36-39-57)65-68(18-2,19-3)20-4/h27-34,37,39,43-44,48-52H,17-26,35-36,38,40-41H2,1-16H3/b34-29+,37-27+,42-28+. The zero-order chi connectivity index (χ0) is 52.9. The number of aldehydes is 1. The molecule has 9 atom stereocenters. The number of nitrogens with zero attached hydrogens (tertiary/aromatic N) is 1. The highest BCUT2D eigenvalue weighted by molar-refractivity contribution is 6.74. The minimum absolute atomic E-state index is 0.0113. The van der Waals surface area contributed by atoms with Gasteiger partial charge >= 0.3 is 11.9 Å². The highest BCUT2D eigenvalue weighted by atomic mass is 28.4. The fraction of sp³-hybridized carbons (Fsp3) is 0.727. The lowest BCUT2D eigenvalue weighted by Crippen LogP contribution is -2.46. The second-order valence-electron chi connectivity index (χ2n) is 20.6. The van der Waals surface area contributed by atoms with Gasteiger partial charge < -0.3 is 32.3 Å². The van der Waals surface area contributed by atoms with E-state index in [4.69, 9.17) is 27.5 Å². The van der Waals surface area contributed by atoms with Gasteiger partial charge in [0.2, 0.25) is 0 Å². The molecule has 0 spiro atoms. The third-order valence-electron chi connectivity index (χ3n) is 15.9. The maximum atomic E-state index is 14.4. The van der Waals surface area contributed by atoms with Gasteiger partial charge in [0.25, 0.3) is 5.69 Å². The number of hydrogen-bond donors (Lipinski definition) is 0. The smallest absolute Gasteiger partial charge is 0.321 e. The predicted octanol–water partition coefficient (Wildman–Crippen LogP) is 14.7. The SMILES string of the molecule is CCC(O[Si](CC)(CC)CC)C(C)C1OC1CC(C)(/C=C/C=C(\C)CC(C)/C=C/C(OC(C)=O)C(C)(CCC(CC=O)O[Si](CC)(CC)CC)C(=O)Oc1ccc([N+](=O)[O-])cc1)O[Si](CC)(CC)CC. The Balaban J connectivity index is 2.46. The third kappa shape index (κ3) is 18.5. The minimum Gasteiger partial charge on any atom is -0.457 e. The Kier molecular flexibility index (Phi) is 26.7. The van der Waals surface area contributed by atoms with E-state index in [9.17, 15) is 24.5 Å². The lowest BCUT2D eigenvalue weighted by Gasteiger charge is -2.39. The molecule has 9 unspecified atom stereocenters. The zero-order valence-electron chi connectivity index (χ0n) is 46.4. The average Bonchev–Trinajstić information content (AvgIpc) is 4.11. The largest absolute Gasteiger partial charge is 0.457 e. The monoisotopic (exact) mass is 1030 g/mol. The van der Waals surface area contributed by atoms with Gasteiger partial charge in [0, 0.05) is 43.9 Å². The van der Waals surface area contributed by atoms with Gasteiger partial charge in [-0.15, -0.1) is 0 Å². The molecular formula is C55H95NO11Si3. The Labute approximate surface area is 427 Å². The van der Waals surface area contributed by atoms with Crippen LogP contribution >= 0.6 is 0 Å². The summed E-state index contributed by atoms with van der Waals surface area (Å²) < 4.78 is 39.4. The molecule has 398 valence electrons. The summed E-state index contributed by atoms with van der Waals surface area (Å²) in [6.07, 6.45) is 13.2. The van der Waals surface area contributed by atoms with Gasteiger partial charge in [-0.05, 0) is 125 Å². The molecule has 0 amide bonds. The van der Waals surface area contributed by atoms with E-state index in [2.05, 4.69) is 115 Å². The van der Waals surface area contributed by atoms with Gasteiger partial charge in [0.1, 0.15) is 23.6 Å². The summed E-state index contributed by atoms with van der Waals surface area (Å²) in [7, 11) is -5.91. The van der Waals surface area contributed by atoms with E-state index < -0.39 is 65.0 Å².